The minimum atomic E-state index is -4.28. The molecule has 3 nitrogen and oxygen atoms in total. The number of nitrogens with two attached hydrogens (primary N) is 1. The molecule has 2 rings (SSSR count). The Bertz CT molecular complexity index is 489. The van der Waals surface area contributed by atoms with Gasteiger partial charge in [0, 0.05) is 17.5 Å². The Morgan fingerprint density at radius 1 is 1.40 bits per heavy atom. The molecule has 0 bridgehead atoms. The van der Waals surface area contributed by atoms with E-state index in [1.165, 1.54) is 12.1 Å². The summed E-state index contributed by atoms with van der Waals surface area (Å²) in [6, 6.07) is 5.91. The maximum absolute atomic E-state index is 12.2. The summed E-state index contributed by atoms with van der Waals surface area (Å²) in [5, 5.41) is 0. The fraction of sp³-hybridized carbons (Fsp3) is 0.462. The zero-order valence-electron chi connectivity index (χ0n) is 10.9. The number of nitrogens with zero attached hydrogens (tertiary/aromatic N) is 1. The van der Waals surface area contributed by atoms with Gasteiger partial charge in [-0.15, -0.1) is 0 Å². The maximum Gasteiger partial charge on any atom is 0.446 e. The fourth-order valence-corrected chi connectivity index (χ4v) is 2.86. The molecule has 1 saturated heterocycles. The molecule has 1 aromatic carbocycles. The van der Waals surface area contributed by atoms with Crippen LogP contribution in [0.2, 0.25) is 0 Å². The molecule has 1 aliphatic rings. The van der Waals surface area contributed by atoms with Gasteiger partial charge in [-0.25, -0.2) is 0 Å². The number of carbonyl (C=O) groups is 1. The second kappa shape index (κ2) is 5.65. The van der Waals surface area contributed by atoms with Crippen LogP contribution in [0.15, 0.2) is 29.2 Å². The van der Waals surface area contributed by atoms with E-state index in [2.05, 4.69) is 0 Å². The average molecular weight is 304 g/mol. The fourth-order valence-electron chi connectivity index (χ4n) is 2.32. The first-order chi connectivity index (χ1) is 9.28. The van der Waals surface area contributed by atoms with Crippen molar-refractivity contribution in [3.05, 3.63) is 29.8 Å². The summed E-state index contributed by atoms with van der Waals surface area (Å²) >= 11 is -0.133. The van der Waals surface area contributed by atoms with Crippen LogP contribution in [0.25, 0.3) is 0 Å². The number of primary amides is 1. The molecule has 0 radical (unpaired) electrons. The molecule has 1 aromatic rings. The number of carbonyl (C=O) groups excluding carboxylic acids is 1. The molecular weight excluding hydrogens is 289 g/mol. The van der Waals surface area contributed by atoms with E-state index in [1.807, 2.05) is 11.8 Å². The van der Waals surface area contributed by atoms with Crippen molar-refractivity contribution in [1.82, 2.24) is 4.90 Å². The second-order valence-corrected chi connectivity index (χ2v) is 5.88. The molecule has 2 N–H and O–H groups in total. The van der Waals surface area contributed by atoms with Crippen molar-refractivity contribution in [2.24, 2.45) is 5.73 Å². The first kappa shape index (κ1) is 15.2. The van der Waals surface area contributed by atoms with Gasteiger partial charge in [0.2, 0.25) is 5.91 Å². The van der Waals surface area contributed by atoms with Crippen molar-refractivity contribution < 1.29 is 18.0 Å². The molecule has 20 heavy (non-hydrogen) atoms. The number of hydrogen-bond acceptors (Lipinski definition) is 3. The van der Waals surface area contributed by atoms with Crippen LogP contribution >= 0.6 is 11.8 Å². The smallest absolute Gasteiger partial charge is 0.368 e. The Labute approximate surface area is 119 Å². The third-order valence-electron chi connectivity index (χ3n) is 3.48. The Morgan fingerprint density at radius 3 is 2.40 bits per heavy atom. The maximum atomic E-state index is 12.2. The normalized spacial score (nSPS) is 21.3. The Hall–Kier alpha value is -1.21. The first-order valence-corrected chi connectivity index (χ1v) is 7.00. The van der Waals surface area contributed by atoms with Crippen molar-refractivity contribution in [3.8, 4) is 0 Å². The zero-order valence-corrected chi connectivity index (χ0v) is 11.7. The molecule has 110 valence electrons. The number of rotatable bonds is 4. The van der Waals surface area contributed by atoms with Crippen LogP contribution in [0, 0.1) is 0 Å². The molecule has 0 spiro atoms. The van der Waals surface area contributed by atoms with E-state index >= 15 is 0 Å². The molecule has 1 aliphatic heterocycles. The van der Waals surface area contributed by atoms with E-state index < -0.39 is 5.51 Å². The molecule has 1 heterocycles. The summed E-state index contributed by atoms with van der Waals surface area (Å²) < 4.78 is 36.7. The second-order valence-electron chi connectivity index (χ2n) is 4.74. The minimum Gasteiger partial charge on any atom is -0.368 e. The molecule has 1 amide bonds. The van der Waals surface area contributed by atoms with Crippen LogP contribution in [0.4, 0.5) is 13.2 Å². The summed E-state index contributed by atoms with van der Waals surface area (Å²) in [6.07, 6.45) is 0.738. The van der Waals surface area contributed by atoms with E-state index in [9.17, 15) is 18.0 Å². The van der Waals surface area contributed by atoms with Crippen molar-refractivity contribution in [2.45, 2.75) is 35.8 Å². The van der Waals surface area contributed by atoms with Gasteiger partial charge < -0.3 is 5.73 Å². The van der Waals surface area contributed by atoms with Gasteiger partial charge in [0.15, 0.2) is 0 Å². The molecule has 1 unspecified atom stereocenters. The number of likely N-dealkylation sites (tertiary alicyclic amines) is 1. The summed E-state index contributed by atoms with van der Waals surface area (Å²) in [5.41, 5.74) is 1.89. The standard InChI is InChI=1S/C13H15F3N2OS/c1-8(18-7-6-11(18)12(17)19)9-2-4-10(5-3-9)20-13(14,15)16/h2-5,8,11H,6-7H2,1H3,(H2,17,19)/t8?,11-/m1/s1. The molecule has 0 saturated carbocycles. The summed E-state index contributed by atoms with van der Waals surface area (Å²) in [6.45, 7) is 2.69. The lowest BCUT2D eigenvalue weighted by Gasteiger charge is -2.43. The van der Waals surface area contributed by atoms with Gasteiger partial charge in [0.1, 0.15) is 0 Å². The third kappa shape index (κ3) is 3.46. The molecule has 2 atom stereocenters. The number of alkyl halides is 3. The highest BCUT2D eigenvalue weighted by Gasteiger charge is 2.36. The summed E-state index contributed by atoms with van der Waals surface area (Å²) in [7, 11) is 0. The van der Waals surface area contributed by atoms with E-state index in [-0.39, 0.29) is 34.6 Å². The number of hydrogen-bond donors (Lipinski definition) is 1. The highest BCUT2D eigenvalue weighted by atomic mass is 32.2. The first-order valence-electron chi connectivity index (χ1n) is 6.18. The molecule has 0 aromatic heterocycles. The lowest BCUT2D eigenvalue weighted by molar-refractivity contribution is -0.129. The molecule has 1 fully saturated rings. The highest BCUT2D eigenvalue weighted by molar-refractivity contribution is 8.00. The Morgan fingerprint density at radius 2 is 2.00 bits per heavy atom. The topological polar surface area (TPSA) is 46.3 Å². The van der Waals surface area contributed by atoms with Gasteiger partial charge >= 0.3 is 5.51 Å². The number of amides is 1. The van der Waals surface area contributed by atoms with Crippen molar-refractivity contribution in [1.29, 1.82) is 0 Å². The Balaban J connectivity index is 2.04. The van der Waals surface area contributed by atoms with E-state index in [1.54, 1.807) is 12.1 Å². The predicted octanol–water partition coefficient (Wildman–Crippen LogP) is 2.92. The van der Waals surface area contributed by atoms with Crippen LogP contribution in [0.5, 0.6) is 0 Å². The molecule has 7 heteroatoms. The van der Waals surface area contributed by atoms with Gasteiger partial charge in [0.25, 0.3) is 0 Å². The largest absolute Gasteiger partial charge is 0.446 e. The molecular formula is C13H15F3N2OS. The van der Waals surface area contributed by atoms with Crippen LogP contribution < -0.4 is 5.73 Å². The predicted molar refractivity (Wildman–Crippen MR) is 71.1 cm³/mol. The zero-order chi connectivity index (χ0) is 14.9. The van der Waals surface area contributed by atoms with Crippen molar-refractivity contribution in [2.75, 3.05) is 6.54 Å². The van der Waals surface area contributed by atoms with Crippen molar-refractivity contribution >= 4 is 17.7 Å². The minimum absolute atomic E-state index is 0.0359. The number of halogens is 3. The van der Waals surface area contributed by atoms with Crippen LogP contribution in [-0.2, 0) is 4.79 Å². The van der Waals surface area contributed by atoms with Crippen molar-refractivity contribution in [3.63, 3.8) is 0 Å². The SMILES string of the molecule is CC(c1ccc(SC(F)(F)F)cc1)N1CC[C@@H]1C(N)=O. The van der Waals surface area contributed by atoms with Crippen LogP contribution in [-0.4, -0.2) is 28.9 Å². The highest BCUT2D eigenvalue weighted by Crippen LogP contribution is 2.37. The van der Waals surface area contributed by atoms with E-state index in [0.29, 0.717) is 0 Å². The van der Waals surface area contributed by atoms with Crippen LogP contribution in [0.1, 0.15) is 24.9 Å². The monoisotopic (exact) mass is 304 g/mol. The Kier molecular flexibility index (Phi) is 4.29. The average Bonchev–Trinajstić information content (AvgIpc) is 2.25. The van der Waals surface area contributed by atoms with E-state index in [4.69, 9.17) is 5.73 Å². The third-order valence-corrected chi connectivity index (χ3v) is 4.22. The van der Waals surface area contributed by atoms with E-state index in [0.717, 1.165) is 18.5 Å². The van der Waals surface area contributed by atoms with Gasteiger partial charge in [-0.1, -0.05) is 12.1 Å². The van der Waals surface area contributed by atoms with Gasteiger partial charge in [-0.2, -0.15) is 13.2 Å². The number of thioether (sulfide) groups is 1. The van der Waals surface area contributed by atoms with Crippen LogP contribution in [0.3, 0.4) is 0 Å². The van der Waals surface area contributed by atoms with Gasteiger partial charge in [-0.05, 0) is 42.8 Å². The summed E-state index contributed by atoms with van der Waals surface area (Å²) in [4.78, 5) is 13.3. The molecule has 0 aliphatic carbocycles. The lowest BCUT2D eigenvalue weighted by Crippen LogP contribution is -2.55. The van der Waals surface area contributed by atoms with Gasteiger partial charge in [0.05, 0.1) is 6.04 Å². The summed E-state index contributed by atoms with van der Waals surface area (Å²) in [5.74, 6) is -0.354. The number of benzene rings is 1. The lowest BCUT2D eigenvalue weighted by atomic mass is 9.96. The quantitative estimate of drug-likeness (QED) is 0.870. The van der Waals surface area contributed by atoms with Gasteiger partial charge in [-0.3, -0.25) is 9.69 Å².